The predicted octanol–water partition coefficient (Wildman–Crippen LogP) is 2.73. The number of aromatic amines is 1. The molecule has 3 heterocycles. The van der Waals surface area contributed by atoms with Crippen molar-refractivity contribution < 1.29 is 9.90 Å². The summed E-state index contributed by atoms with van der Waals surface area (Å²) in [5.74, 6) is 0.290. The number of fused-ring (bicyclic) bond motifs is 1. The summed E-state index contributed by atoms with van der Waals surface area (Å²) in [4.78, 5) is 20.5. The van der Waals surface area contributed by atoms with E-state index in [0.29, 0.717) is 6.54 Å². The average Bonchev–Trinajstić information content (AvgIpc) is 3.11. The molecule has 5 nitrogen and oxygen atoms in total. The molecule has 2 aliphatic heterocycles. The summed E-state index contributed by atoms with van der Waals surface area (Å²) in [5.41, 5.74) is 4.39. The monoisotopic (exact) mass is 353 g/mol. The first-order valence-corrected chi connectivity index (χ1v) is 9.55. The number of aliphatic hydroxyl groups excluding tert-OH is 1. The molecule has 4 rings (SSSR count). The van der Waals surface area contributed by atoms with Crippen molar-refractivity contribution in [3.63, 3.8) is 0 Å². The Kier molecular flexibility index (Phi) is 4.83. The Labute approximate surface area is 154 Å². The number of aliphatic hydroxyl groups is 1. The third-order valence-electron chi connectivity index (χ3n) is 5.75. The van der Waals surface area contributed by atoms with Crippen molar-refractivity contribution in [3.8, 4) is 0 Å². The van der Waals surface area contributed by atoms with Crippen LogP contribution in [-0.2, 0) is 0 Å². The fourth-order valence-corrected chi connectivity index (χ4v) is 4.12. The van der Waals surface area contributed by atoms with Crippen molar-refractivity contribution >= 4 is 22.4 Å². The molecule has 1 aromatic heterocycles. The van der Waals surface area contributed by atoms with Gasteiger partial charge in [0.25, 0.3) is 5.91 Å². The van der Waals surface area contributed by atoms with E-state index in [1.807, 2.05) is 23.1 Å². The molecule has 2 aliphatic rings. The molecule has 2 aromatic rings. The van der Waals surface area contributed by atoms with Crippen molar-refractivity contribution in [1.82, 2.24) is 14.8 Å². The minimum absolute atomic E-state index is 0.0783. The highest BCUT2D eigenvalue weighted by molar-refractivity contribution is 6.01. The topological polar surface area (TPSA) is 59.6 Å². The van der Waals surface area contributed by atoms with E-state index in [1.165, 1.54) is 11.1 Å². The van der Waals surface area contributed by atoms with Crippen LogP contribution in [0, 0.1) is 5.92 Å². The first-order chi connectivity index (χ1) is 12.7. The maximum atomic E-state index is 13.0. The first-order valence-electron chi connectivity index (χ1n) is 9.55. The van der Waals surface area contributed by atoms with Gasteiger partial charge in [-0.1, -0.05) is 6.08 Å². The SMILES string of the molecule is CN1CC=C(c2c[nH]c3ccc(C(=O)N4CCCC(CO)C4)cc23)CC1. The van der Waals surface area contributed by atoms with Gasteiger partial charge in [-0.15, -0.1) is 0 Å². The molecule has 1 aromatic carbocycles. The Balaban J connectivity index is 1.63. The van der Waals surface area contributed by atoms with Crippen LogP contribution in [0.25, 0.3) is 16.5 Å². The number of benzene rings is 1. The van der Waals surface area contributed by atoms with Gasteiger partial charge in [0.05, 0.1) is 0 Å². The van der Waals surface area contributed by atoms with Crippen molar-refractivity contribution in [2.45, 2.75) is 19.3 Å². The quantitative estimate of drug-likeness (QED) is 0.892. The molecular formula is C21H27N3O2. The van der Waals surface area contributed by atoms with Gasteiger partial charge in [0.1, 0.15) is 0 Å². The molecule has 0 aliphatic carbocycles. The normalized spacial score (nSPS) is 21.8. The second kappa shape index (κ2) is 7.25. The van der Waals surface area contributed by atoms with E-state index >= 15 is 0 Å². The number of nitrogens with one attached hydrogen (secondary N) is 1. The van der Waals surface area contributed by atoms with E-state index in [1.54, 1.807) is 0 Å². The highest BCUT2D eigenvalue weighted by atomic mass is 16.3. The van der Waals surface area contributed by atoms with E-state index in [4.69, 9.17) is 0 Å². The van der Waals surface area contributed by atoms with Gasteiger partial charge in [-0.05, 0) is 56.0 Å². The van der Waals surface area contributed by atoms with Gasteiger partial charge in [-0.25, -0.2) is 0 Å². The molecule has 2 N–H and O–H groups in total. The summed E-state index contributed by atoms with van der Waals surface area (Å²) >= 11 is 0. The summed E-state index contributed by atoms with van der Waals surface area (Å²) in [5, 5.41) is 10.5. The van der Waals surface area contributed by atoms with E-state index < -0.39 is 0 Å². The molecule has 5 heteroatoms. The molecule has 0 bridgehead atoms. The summed E-state index contributed by atoms with van der Waals surface area (Å²) in [6, 6.07) is 5.96. The fraction of sp³-hybridized carbons (Fsp3) is 0.476. The third kappa shape index (κ3) is 3.29. The smallest absolute Gasteiger partial charge is 0.253 e. The van der Waals surface area contributed by atoms with Crippen LogP contribution in [0.1, 0.15) is 35.2 Å². The number of carbonyl (C=O) groups is 1. The molecule has 1 unspecified atom stereocenters. The second-order valence-corrected chi connectivity index (χ2v) is 7.65. The highest BCUT2D eigenvalue weighted by Gasteiger charge is 2.24. The molecule has 1 amide bonds. The van der Waals surface area contributed by atoms with Crippen LogP contribution in [0.2, 0.25) is 0 Å². The Morgan fingerprint density at radius 3 is 3.00 bits per heavy atom. The van der Waals surface area contributed by atoms with Crippen LogP contribution in [0.5, 0.6) is 0 Å². The molecule has 0 radical (unpaired) electrons. The van der Waals surface area contributed by atoms with Crippen molar-refractivity contribution in [3.05, 3.63) is 41.6 Å². The second-order valence-electron chi connectivity index (χ2n) is 7.65. The molecule has 138 valence electrons. The maximum Gasteiger partial charge on any atom is 0.253 e. The average molecular weight is 353 g/mol. The van der Waals surface area contributed by atoms with Gasteiger partial charge < -0.3 is 19.9 Å². The largest absolute Gasteiger partial charge is 0.396 e. The predicted molar refractivity (Wildman–Crippen MR) is 104 cm³/mol. The number of nitrogens with zero attached hydrogens (tertiary/aromatic N) is 2. The Hall–Kier alpha value is -2.11. The van der Waals surface area contributed by atoms with E-state index in [0.717, 1.165) is 55.4 Å². The molecule has 0 saturated carbocycles. The van der Waals surface area contributed by atoms with E-state index in [-0.39, 0.29) is 18.4 Å². The Morgan fingerprint density at radius 1 is 1.35 bits per heavy atom. The van der Waals surface area contributed by atoms with Gasteiger partial charge >= 0.3 is 0 Å². The van der Waals surface area contributed by atoms with Gasteiger partial charge in [-0.3, -0.25) is 4.79 Å². The van der Waals surface area contributed by atoms with Gasteiger partial charge in [0, 0.05) is 61.0 Å². The number of hydrogen-bond acceptors (Lipinski definition) is 3. The fourth-order valence-electron chi connectivity index (χ4n) is 4.12. The number of piperidine rings is 1. The van der Waals surface area contributed by atoms with Gasteiger partial charge in [-0.2, -0.15) is 0 Å². The molecule has 26 heavy (non-hydrogen) atoms. The number of hydrogen-bond donors (Lipinski definition) is 2. The van der Waals surface area contributed by atoms with Gasteiger partial charge in [0.2, 0.25) is 0 Å². The summed E-state index contributed by atoms with van der Waals surface area (Å²) in [6.07, 6.45) is 7.36. The van der Waals surface area contributed by atoms with E-state index in [2.05, 4.69) is 29.2 Å². The van der Waals surface area contributed by atoms with Crippen LogP contribution in [-0.4, -0.2) is 65.6 Å². The lowest BCUT2D eigenvalue weighted by molar-refractivity contribution is 0.0621. The summed E-state index contributed by atoms with van der Waals surface area (Å²) in [7, 11) is 2.14. The number of rotatable bonds is 3. The molecule has 1 atom stereocenters. The number of carbonyl (C=O) groups excluding carboxylic acids is 1. The first kappa shape index (κ1) is 17.3. The lowest BCUT2D eigenvalue weighted by Crippen LogP contribution is -2.40. The van der Waals surface area contributed by atoms with E-state index in [9.17, 15) is 9.90 Å². The minimum Gasteiger partial charge on any atom is -0.396 e. The Morgan fingerprint density at radius 2 is 2.23 bits per heavy atom. The maximum absolute atomic E-state index is 13.0. The van der Waals surface area contributed by atoms with Crippen LogP contribution in [0.4, 0.5) is 0 Å². The van der Waals surface area contributed by atoms with Crippen LogP contribution in [0.15, 0.2) is 30.5 Å². The number of likely N-dealkylation sites (N-methyl/N-ethyl adjacent to an activating group) is 1. The highest BCUT2D eigenvalue weighted by Crippen LogP contribution is 2.30. The summed E-state index contributed by atoms with van der Waals surface area (Å²) < 4.78 is 0. The van der Waals surface area contributed by atoms with Crippen LogP contribution >= 0.6 is 0 Å². The summed E-state index contributed by atoms with van der Waals surface area (Å²) in [6.45, 7) is 3.63. The zero-order valence-electron chi connectivity index (χ0n) is 15.4. The number of likely N-dealkylation sites (tertiary alicyclic amines) is 1. The lowest BCUT2D eigenvalue weighted by Gasteiger charge is -2.32. The van der Waals surface area contributed by atoms with Crippen molar-refractivity contribution in [2.75, 3.05) is 39.8 Å². The van der Waals surface area contributed by atoms with Crippen LogP contribution < -0.4 is 0 Å². The molecular weight excluding hydrogens is 326 g/mol. The lowest BCUT2D eigenvalue weighted by atomic mass is 9.96. The number of H-pyrrole nitrogens is 1. The number of aromatic nitrogens is 1. The Bertz CT molecular complexity index is 839. The minimum atomic E-state index is 0.0783. The standard InChI is InChI=1S/C21H27N3O2/c1-23-9-6-16(7-10-23)19-12-22-20-5-4-17(11-18(19)20)21(26)24-8-2-3-15(13-24)14-25/h4-6,11-12,15,22,25H,2-3,7-10,13-14H2,1H3. The van der Waals surface area contributed by atoms with Crippen molar-refractivity contribution in [2.24, 2.45) is 5.92 Å². The molecule has 1 fully saturated rings. The van der Waals surface area contributed by atoms with Crippen LogP contribution in [0.3, 0.4) is 0 Å². The zero-order valence-corrected chi connectivity index (χ0v) is 15.4. The molecule has 1 saturated heterocycles. The van der Waals surface area contributed by atoms with Gasteiger partial charge in [0.15, 0.2) is 0 Å². The number of amides is 1. The molecule has 0 spiro atoms. The third-order valence-corrected chi connectivity index (χ3v) is 5.75. The zero-order chi connectivity index (χ0) is 18.1. The van der Waals surface area contributed by atoms with Crippen molar-refractivity contribution in [1.29, 1.82) is 0 Å².